The van der Waals surface area contributed by atoms with Crippen LogP contribution in [0.15, 0.2) is 53.1 Å². The zero-order chi connectivity index (χ0) is 18.1. The topological polar surface area (TPSA) is 68.5 Å². The molecule has 0 bridgehead atoms. The van der Waals surface area contributed by atoms with Crippen LogP contribution in [0.1, 0.15) is 18.2 Å². The van der Waals surface area contributed by atoms with Crippen molar-refractivity contribution in [1.29, 1.82) is 0 Å². The average Bonchev–Trinajstić information content (AvgIpc) is 3.29. The molecule has 26 heavy (non-hydrogen) atoms. The van der Waals surface area contributed by atoms with Gasteiger partial charge in [0.1, 0.15) is 5.75 Å². The monoisotopic (exact) mass is 369 g/mol. The minimum Gasteiger partial charge on any atom is -0.497 e. The molecule has 1 amide bonds. The fourth-order valence-corrected chi connectivity index (χ4v) is 3.21. The highest BCUT2D eigenvalue weighted by Crippen LogP contribution is 2.33. The summed E-state index contributed by atoms with van der Waals surface area (Å²) in [4.78, 5) is 18.6. The molecule has 4 rings (SSSR count). The van der Waals surface area contributed by atoms with E-state index in [1.807, 2.05) is 36.4 Å². The molecule has 3 aromatic rings. The molecule has 0 unspecified atom stereocenters. The van der Waals surface area contributed by atoms with Crippen LogP contribution in [-0.2, 0) is 4.79 Å². The SMILES string of the molecule is COc1ccc(-c2noc([C@H]3CC(=O)N(c4cccc(Cl)c4)C3)n2)cc1. The van der Waals surface area contributed by atoms with Gasteiger partial charge in [-0.25, -0.2) is 0 Å². The number of halogens is 1. The summed E-state index contributed by atoms with van der Waals surface area (Å²) in [6, 6.07) is 14.7. The maximum Gasteiger partial charge on any atom is 0.232 e. The third kappa shape index (κ3) is 3.15. The lowest BCUT2D eigenvalue weighted by Crippen LogP contribution is -2.24. The number of ether oxygens (including phenoxy) is 1. The maximum atomic E-state index is 12.4. The summed E-state index contributed by atoms with van der Waals surface area (Å²) in [6.07, 6.45) is 0.330. The largest absolute Gasteiger partial charge is 0.497 e. The number of carbonyl (C=O) groups excluding carboxylic acids is 1. The first-order valence-corrected chi connectivity index (χ1v) is 8.56. The summed E-state index contributed by atoms with van der Waals surface area (Å²) in [5.74, 6) is 1.60. The summed E-state index contributed by atoms with van der Waals surface area (Å²) in [6.45, 7) is 0.490. The second-order valence-corrected chi connectivity index (χ2v) is 6.51. The van der Waals surface area contributed by atoms with Crippen LogP contribution in [0.5, 0.6) is 5.75 Å². The molecule has 0 N–H and O–H groups in total. The fourth-order valence-electron chi connectivity index (χ4n) is 3.02. The van der Waals surface area contributed by atoms with Crippen molar-refractivity contribution < 1.29 is 14.1 Å². The number of hydrogen-bond acceptors (Lipinski definition) is 5. The number of nitrogens with zero attached hydrogens (tertiary/aromatic N) is 3. The van der Waals surface area contributed by atoms with Gasteiger partial charge in [0.15, 0.2) is 0 Å². The fraction of sp³-hybridized carbons (Fsp3) is 0.211. The number of aromatic nitrogens is 2. The molecule has 1 aliphatic rings. The van der Waals surface area contributed by atoms with Gasteiger partial charge in [-0.1, -0.05) is 22.8 Å². The first-order chi connectivity index (χ1) is 12.6. The second kappa shape index (κ2) is 6.80. The van der Waals surface area contributed by atoms with Gasteiger partial charge in [-0.05, 0) is 42.5 Å². The van der Waals surface area contributed by atoms with Gasteiger partial charge >= 0.3 is 0 Å². The molecule has 1 atom stereocenters. The average molecular weight is 370 g/mol. The number of benzene rings is 2. The number of rotatable bonds is 4. The highest BCUT2D eigenvalue weighted by molar-refractivity contribution is 6.30. The highest BCUT2D eigenvalue weighted by atomic mass is 35.5. The van der Waals surface area contributed by atoms with Gasteiger partial charge in [0, 0.05) is 29.2 Å². The van der Waals surface area contributed by atoms with Gasteiger partial charge in [0.2, 0.25) is 17.6 Å². The molecule has 7 heteroatoms. The van der Waals surface area contributed by atoms with E-state index < -0.39 is 0 Å². The Balaban J connectivity index is 1.53. The van der Waals surface area contributed by atoms with Crippen LogP contribution < -0.4 is 9.64 Å². The van der Waals surface area contributed by atoms with Gasteiger partial charge in [-0.2, -0.15) is 4.98 Å². The summed E-state index contributed by atoms with van der Waals surface area (Å²) < 4.78 is 10.6. The Labute approximate surface area is 155 Å². The molecule has 1 saturated heterocycles. The molecule has 0 radical (unpaired) electrons. The lowest BCUT2D eigenvalue weighted by Gasteiger charge is -2.16. The molecule has 2 aromatic carbocycles. The van der Waals surface area contributed by atoms with Crippen LogP contribution in [0.2, 0.25) is 5.02 Å². The van der Waals surface area contributed by atoms with E-state index >= 15 is 0 Å². The molecule has 1 aliphatic heterocycles. The van der Waals surface area contributed by atoms with E-state index in [2.05, 4.69) is 10.1 Å². The van der Waals surface area contributed by atoms with Crippen molar-refractivity contribution in [1.82, 2.24) is 10.1 Å². The van der Waals surface area contributed by atoms with E-state index in [0.717, 1.165) is 17.0 Å². The van der Waals surface area contributed by atoms with Crippen LogP contribution in [0, 0.1) is 0 Å². The summed E-state index contributed by atoms with van der Waals surface area (Å²) in [5, 5.41) is 4.64. The second-order valence-electron chi connectivity index (χ2n) is 6.07. The van der Waals surface area contributed by atoms with Crippen molar-refractivity contribution in [2.45, 2.75) is 12.3 Å². The van der Waals surface area contributed by atoms with Gasteiger partial charge < -0.3 is 14.2 Å². The lowest BCUT2D eigenvalue weighted by atomic mass is 10.1. The zero-order valence-electron chi connectivity index (χ0n) is 14.1. The summed E-state index contributed by atoms with van der Waals surface area (Å²) in [7, 11) is 1.62. The van der Waals surface area contributed by atoms with Crippen molar-refractivity contribution in [3.05, 3.63) is 59.4 Å². The van der Waals surface area contributed by atoms with Crippen LogP contribution in [0.3, 0.4) is 0 Å². The Morgan fingerprint density at radius 1 is 1.23 bits per heavy atom. The molecule has 0 saturated carbocycles. The number of anilines is 1. The first kappa shape index (κ1) is 16.6. The summed E-state index contributed by atoms with van der Waals surface area (Å²) >= 11 is 6.03. The van der Waals surface area contributed by atoms with E-state index in [1.165, 1.54) is 0 Å². The third-order valence-electron chi connectivity index (χ3n) is 4.38. The minimum atomic E-state index is -0.138. The standard InChI is InChI=1S/C19H16ClN3O3/c1-25-16-7-5-12(6-8-16)18-21-19(26-22-18)13-9-17(24)23(11-13)15-4-2-3-14(20)10-15/h2-8,10,13H,9,11H2,1H3/t13-/m0/s1. The van der Waals surface area contributed by atoms with Gasteiger partial charge in [0.05, 0.1) is 13.0 Å². The smallest absolute Gasteiger partial charge is 0.232 e. The van der Waals surface area contributed by atoms with Crippen molar-refractivity contribution in [2.75, 3.05) is 18.6 Å². The van der Waals surface area contributed by atoms with Crippen LogP contribution in [0.4, 0.5) is 5.69 Å². The van der Waals surface area contributed by atoms with E-state index in [0.29, 0.717) is 29.7 Å². The first-order valence-electron chi connectivity index (χ1n) is 8.18. The van der Waals surface area contributed by atoms with Crippen LogP contribution in [0.25, 0.3) is 11.4 Å². The van der Waals surface area contributed by atoms with Crippen molar-refractivity contribution in [3.63, 3.8) is 0 Å². The molecule has 0 aliphatic carbocycles. The Bertz CT molecular complexity index is 939. The number of methoxy groups -OCH3 is 1. The van der Waals surface area contributed by atoms with Crippen LogP contribution in [-0.4, -0.2) is 29.7 Å². The Morgan fingerprint density at radius 3 is 2.77 bits per heavy atom. The molecule has 1 fully saturated rings. The molecule has 2 heterocycles. The normalized spacial score (nSPS) is 16.9. The Kier molecular flexibility index (Phi) is 4.34. The highest BCUT2D eigenvalue weighted by Gasteiger charge is 2.35. The predicted octanol–water partition coefficient (Wildman–Crippen LogP) is 3.92. The molecule has 132 valence electrons. The van der Waals surface area contributed by atoms with E-state index in [1.54, 1.807) is 24.1 Å². The zero-order valence-corrected chi connectivity index (χ0v) is 14.8. The van der Waals surface area contributed by atoms with Gasteiger partial charge in [-0.15, -0.1) is 0 Å². The Hall–Kier alpha value is -2.86. The van der Waals surface area contributed by atoms with Crippen LogP contribution >= 0.6 is 11.6 Å². The molecule has 1 aromatic heterocycles. The third-order valence-corrected chi connectivity index (χ3v) is 4.62. The van der Waals surface area contributed by atoms with Crippen molar-refractivity contribution in [3.8, 4) is 17.1 Å². The number of amides is 1. The van der Waals surface area contributed by atoms with Crippen molar-refractivity contribution >= 4 is 23.2 Å². The predicted molar refractivity (Wildman–Crippen MR) is 97.4 cm³/mol. The molecule has 0 spiro atoms. The molecular weight excluding hydrogens is 354 g/mol. The lowest BCUT2D eigenvalue weighted by molar-refractivity contribution is -0.117. The van der Waals surface area contributed by atoms with E-state index in [4.69, 9.17) is 20.9 Å². The number of hydrogen-bond donors (Lipinski definition) is 0. The van der Waals surface area contributed by atoms with Gasteiger partial charge in [-0.3, -0.25) is 4.79 Å². The van der Waals surface area contributed by atoms with Gasteiger partial charge in [0.25, 0.3) is 0 Å². The molecular formula is C19H16ClN3O3. The quantitative estimate of drug-likeness (QED) is 0.697. The van der Waals surface area contributed by atoms with E-state index in [-0.39, 0.29) is 11.8 Å². The maximum absolute atomic E-state index is 12.4. The Morgan fingerprint density at radius 2 is 2.04 bits per heavy atom. The van der Waals surface area contributed by atoms with E-state index in [9.17, 15) is 4.79 Å². The molecule has 6 nitrogen and oxygen atoms in total. The number of carbonyl (C=O) groups is 1. The summed E-state index contributed by atoms with van der Waals surface area (Å²) in [5.41, 5.74) is 1.61. The van der Waals surface area contributed by atoms with Crippen molar-refractivity contribution in [2.24, 2.45) is 0 Å². The minimum absolute atomic E-state index is 0.0152.